The molecule has 1 aromatic carbocycles. The van der Waals surface area contributed by atoms with Gasteiger partial charge in [0, 0.05) is 6.92 Å². The van der Waals surface area contributed by atoms with E-state index in [0.717, 1.165) is 6.92 Å². The van der Waals surface area contributed by atoms with Crippen molar-refractivity contribution in [2.45, 2.75) is 11.8 Å². The quantitative estimate of drug-likeness (QED) is 0.744. The molecule has 0 saturated carbocycles. The van der Waals surface area contributed by atoms with E-state index in [1.807, 2.05) is 4.72 Å². The lowest BCUT2D eigenvalue weighted by molar-refractivity contribution is -0.117. The summed E-state index contributed by atoms with van der Waals surface area (Å²) in [5.41, 5.74) is 0. The van der Waals surface area contributed by atoms with Crippen molar-refractivity contribution in [3.63, 3.8) is 0 Å². The van der Waals surface area contributed by atoms with E-state index in [1.54, 1.807) is 0 Å². The van der Waals surface area contributed by atoms with Gasteiger partial charge in [-0.2, -0.15) is 0 Å². The maximum absolute atomic E-state index is 11.3. The molecule has 0 aliphatic rings. The molecule has 0 aliphatic heterocycles. The van der Waals surface area contributed by atoms with Gasteiger partial charge in [-0.25, -0.2) is 13.1 Å². The standard InChI is InChI=1S/C8H8NO3S/c1-7(10)9-13(11,12)8-5-3-2-4-6-8/h3-6H,1H3,(H,9,10). The van der Waals surface area contributed by atoms with Crippen molar-refractivity contribution >= 4 is 15.9 Å². The van der Waals surface area contributed by atoms with E-state index in [-0.39, 0.29) is 4.90 Å². The van der Waals surface area contributed by atoms with Crippen LogP contribution >= 0.6 is 0 Å². The maximum atomic E-state index is 11.3. The molecule has 0 aromatic heterocycles. The maximum Gasteiger partial charge on any atom is 0.264 e. The molecule has 1 amide bonds. The van der Waals surface area contributed by atoms with Gasteiger partial charge in [-0.3, -0.25) is 4.79 Å². The molecule has 0 saturated heterocycles. The van der Waals surface area contributed by atoms with Gasteiger partial charge in [0.25, 0.3) is 10.0 Å². The predicted molar refractivity (Wildman–Crippen MR) is 46.3 cm³/mol. The zero-order chi connectivity index (χ0) is 9.90. The first kappa shape index (κ1) is 9.73. The minimum atomic E-state index is -3.68. The minimum Gasteiger partial charge on any atom is -0.274 e. The largest absolute Gasteiger partial charge is 0.274 e. The SMILES string of the molecule is CC(=O)NS(=O)(=O)c1cc[c]cc1. The number of benzene rings is 1. The van der Waals surface area contributed by atoms with Gasteiger partial charge in [-0.1, -0.05) is 12.1 Å². The first-order valence-electron chi connectivity index (χ1n) is 3.52. The van der Waals surface area contributed by atoms with Crippen molar-refractivity contribution in [3.05, 3.63) is 30.3 Å². The van der Waals surface area contributed by atoms with Crippen LogP contribution in [0.15, 0.2) is 29.2 Å². The summed E-state index contributed by atoms with van der Waals surface area (Å²) in [7, 11) is -3.68. The van der Waals surface area contributed by atoms with Gasteiger partial charge in [0.05, 0.1) is 4.90 Å². The van der Waals surface area contributed by atoms with Crippen LogP contribution in [0.5, 0.6) is 0 Å². The first-order valence-corrected chi connectivity index (χ1v) is 5.00. The van der Waals surface area contributed by atoms with E-state index in [1.165, 1.54) is 24.3 Å². The fraction of sp³-hybridized carbons (Fsp3) is 0.125. The third-order valence-corrected chi connectivity index (χ3v) is 2.72. The van der Waals surface area contributed by atoms with Crippen LogP contribution in [0, 0.1) is 6.07 Å². The van der Waals surface area contributed by atoms with Crippen LogP contribution in [0.1, 0.15) is 6.92 Å². The van der Waals surface area contributed by atoms with E-state index in [9.17, 15) is 13.2 Å². The lowest BCUT2D eigenvalue weighted by atomic mass is 10.4. The van der Waals surface area contributed by atoms with E-state index in [4.69, 9.17) is 0 Å². The summed E-state index contributed by atoms with van der Waals surface area (Å²) in [6.45, 7) is 1.15. The molecule has 0 fully saturated rings. The highest BCUT2D eigenvalue weighted by Gasteiger charge is 2.13. The Morgan fingerprint density at radius 3 is 2.38 bits per heavy atom. The highest BCUT2D eigenvalue weighted by Crippen LogP contribution is 2.05. The number of amides is 1. The summed E-state index contributed by atoms with van der Waals surface area (Å²) < 4.78 is 24.4. The van der Waals surface area contributed by atoms with Crippen molar-refractivity contribution in [2.75, 3.05) is 0 Å². The molecule has 5 heteroatoms. The van der Waals surface area contributed by atoms with Gasteiger partial charge in [0.1, 0.15) is 0 Å². The molecule has 1 aromatic rings. The Labute approximate surface area is 76.6 Å². The van der Waals surface area contributed by atoms with Gasteiger partial charge in [0.2, 0.25) is 5.91 Å². The van der Waals surface area contributed by atoms with Crippen molar-refractivity contribution in [2.24, 2.45) is 0 Å². The zero-order valence-electron chi connectivity index (χ0n) is 6.94. The van der Waals surface area contributed by atoms with Crippen LogP contribution in [0.25, 0.3) is 0 Å². The number of carbonyl (C=O) groups is 1. The summed E-state index contributed by atoms with van der Waals surface area (Å²) in [6, 6.07) is 8.35. The third-order valence-electron chi connectivity index (χ3n) is 1.28. The molecule has 0 bridgehead atoms. The molecule has 0 atom stereocenters. The van der Waals surface area contributed by atoms with Crippen molar-refractivity contribution in [1.29, 1.82) is 0 Å². The predicted octanol–water partition coefficient (Wildman–Crippen LogP) is 0.312. The smallest absolute Gasteiger partial charge is 0.264 e. The summed E-state index contributed by atoms with van der Waals surface area (Å²) in [5, 5.41) is 0. The summed E-state index contributed by atoms with van der Waals surface area (Å²) in [5.74, 6) is -0.604. The Balaban J connectivity index is 3.02. The summed E-state index contributed by atoms with van der Waals surface area (Å²) in [6.07, 6.45) is 0. The molecular formula is C8H8NO3S. The van der Waals surface area contributed by atoms with Gasteiger partial charge >= 0.3 is 0 Å². The Kier molecular flexibility index (Phi) is 2.67. The number of hydrogen-bond acceptors (Lipinski definition) is 3. The fourth-order valence-corrected chi connectivity index (χ4v) is 1.79. The van der Waals surface area contributed by atoms with E-state index in [2.05, 4.69) is 6.07 Å². The average molecular weight is 198 g/mol. The zero-order valence-corrected chi connectivity index (χ0v) is 7.76. The minimum absolute atomic E-state index is 0.0569. The molecule has 0 heterocycles. The Bertz CT molecular complexity index is 397. The van der Waals surface area contributed by atoms with Crippen molar-refractivity contribution in [3.8, 4) is 0 Å². The van der Waals surface area contributed by atoms with Gasteiger partial charge < -0.3 is 0 Å². The molecule has 1 rings (SSSR count). The van der Waals surface area contributed by atoms with Crippen LogP contribution in [-0.4, -0.2) is 14.3 Å². The van der Waals surface area contributed by atoms with Crippen LogP contribution in [0.3, 0.4) is 0 Å². The average Bonchev–Trinajstić information content (AvgIpc) is 2.04. The number of carbonyl (C=O) groups excluding carboxylic acids is 1. The Morgan fingerprint density at radius 2 is 1.92 bits per heavy atom. The highest BCUT2D eigenvalue weighted by atomic mass is 32.2. The van der Waals surface area contributed by atoms with Crippen LogP contribution in [0.4, 0.5) is 0 Å². The molecule has 4 nitrogen and oxygen atoms in total. The second kappa shape index (κ2) is 3.57. The van der Waals surface area contributed by atoms with Crippen LogP contribution in [0.2, 0.25) is 0 Å². The second-order valence-electron chi connectivity index (χ2n) is 2.40. The molecule has 0 unspecified atom stereocenters. The molecule has 1 N–H and O–H groups in total. The molecule has 69 valence electrons. The molecule has 0 aliphatic carbocycles. The second-order valence-corrected chi connectivity index (χ2v) is 4.08. The van der Waals surface area contributed by atoms with Crippen molar-refractivity contribution < 1.29 is 13.2 Å². The number of rotatable bonds is 2. The number of nitrogens with one attached hydrogen (secondary N) is 1. The normalized spacial score (nSPS) is 10.8. The summed E-state index contributed by atoms with van der Waals surface area (Å²) in [4.78, 5) is 10.6. The van der Waals surface area contributed by atoms with Gasteiger partial charge in [-0.05, 0) is 18.2 Å². The fourth-order valence-electron chi connectivity index (χ4n) is 0.799. The van der Waals surface area contributed by atoms with Crippen molar-refractivity contribution in [1.82, 2.24) is 4.72 Å². The van der Waals surface area contributed by atoms with Gasteiger partial charge in [-0.15, -0.1) is 0 Å². The molecule has 0 spiro atoms. The van der Waals surface area contributed by atoms with Crippen LogP contribution < -0.4 is 4.72 Å². The van der Waals surface area contributed by atoms with E-state index < -0.39 is 15.9 Å². The van der Waals surface area contributed by atoms with E-state index >= 15 is 0 Å². The first-order chi connectivity index (χ1) is 6.02. The topological polar surface area (TPSA) is 63.2 Å². The lowest BCUT2D eigenvalue weighted by Crippen LogP contribution is -2.28. The Morgan fingerprint density at radius 1 is 1.38 bits per heavy atom. The van der Waals surface area contributed by atoms with Crippen LogP contribution in [-0.2, 0) is 14.8 Å². The lowest BCUT2D eigenvalue weighted by Gasteiger charge is -2.02. The van der Waals surface area contributed by atoms with E-state index in [0.29, 0.717) is 0 Å². The number of sulfonamides is 1. The molecular weight excluding hydrogens is 190 g/mol. The monoisotopic (exact) mass is 198 g/mol. The highest BCUT2D eigenvalue weighted by molar-refractivity contribution is 7.90. The third kappa shape index (κ3) is 2.55. The number of hydrogen-bond donors (Lipinski definition) is 1. The van der Waals surface area contributed by atoms with Gasteiger partial charge in [0.15, 0.2) is 0 Å². The molecule has 13 heavy (non-hydrogen) atoms. The summed E-state index contributed by atoms with van der Waals surface area (Å²) >= 11 is 0. The molecule has 1 radical (unpaired) electrons. The Hall–Kier alpha value is -1.36.